The zero-order chi connectivity index (χ0) is 15.6. The van der Waals surface area contributed by atoms with E-state index in [4.69, 9.17) is 10.8 Å². The van der Waals surface area contributed by atoms with Crippen LogP contribution < -0.4 is 11.1 Å². The Balaban J connectivity index is 2.47. The lowest BCUT2D eigenvalue weighted by Crippen LogP contribution is -2.08. The van der Waals surface area contributed by atoms with Gasteiger partial charge in [-0.1, -0.05) is 32.0 Å². The number of carboxylic acids is 1. The molecule has 0 atom stereocenters. The van der Waals surface area contributed by atoms with Gasteiger partial charge in [-0.05, 0) is 36.1 Å². The summed E-state index contributed by atoms with van der Waals surface area (Å²) in [6, 6.07) is 8.97. The summed E-state index contributed by atoms with van der Waals surface area (Å²) in [6.45, 7) is 6.19. The average molecular weight is 285 g/mol. The summed E-state index contributed by atoms with van der Waals surface area (Å²) in [5.74, 6) is -0.380. The van der Waals surface area contributed by atoms with E-state index in [0.717, 1.165) is 16.8 Å². The monoisotopic (exact) mass is 285 g/mol. The maximum absolute atomic E-state index is 11.0. The predicted octanol–water partition coefficient (Wildman–Crippen LogP) is 3.54. The number of hydrogen-bond acceptors (Lipinski definition) is 4. The van der Waals surface area contributed by atoms with E-state index >= 15 is 0 Å². The number of aromatic nitrogens is 1. The summed E-state index contributed by atoms with van der Waals surface area (Å²) in [5.41, 5.74) is 9.39. The lowest BCUT2D eigenvalue weighted by Gasteiger charge is -2.18. The van der Waals surface area contributed by atoms with Crippen molar-refractivity contribution in [1.82, 2.24) is 4.98 Å². The molecule has 5 heteroatoms. The third-order valence-corrected chi connectivity index (χ3v) is 3.32. The van der Waals surface area contributed by atoms with Gasteiger partial charge in [-0.3, -0.25) is 0 Å². The number of carbonyl (C=O) groups is 1. The Bertz CT molecular complexity index is 681. The van der Waals surface area contributed by atoms with Crippen LogP contribution in [0.5, 0.6) is 0 Å². The van der Waals surface area contributed by atoms with Crippen molar-refractivity contribution in [3.8, 4) is 0 Å². The van der Waals surface area contributed by atoms with Crippen LogP contribution in [0, 0.1) is 6.92 Å². The number of rotatable bonds is 4. The topological polar surface area (TPSA) is 88.2 Å². The molecule has 0 saturated heterocycles. The van der Waals surface area contributed by atoms with Gasteiger partial charge in [0, 0.05) is 5.69 Å². The first-order valence-electron chi connectivity index (χ1n) is 6.76. The van der Waals surface area contributed by atoms with Crippen LogP contribution in [-0.2, 0) is 0 Å². The number of aromatic carboxylic acids is 1. The molecule has 5 nitrogen and oxygen atoms in total. The van der Waals surface area contributed by atoms with E-state index in [2.05, 4.69) is 24.1 Å². The van der Waals surface area contributed by atoms with E-state index in [1.54, 1.807) is 6.07 Å². The second-order valence-corrected chi connectivity index (χ2v) is 5.26. The molecule has 1 heterocycles. The van der Waals surface area contributed by atoms with E-state index in [1.807, 2.05) is 25.1 Å². The van der Waals surface area contributed by atoms with Crippen molar-refractivity contribution < 1.29 is 9.90 Å². The van der Waals surface area contributed by atoms with E-state index in [1.165, 1.54) is 6.07 Å². The van der Waals surface area contributed by atoms with Gasteiger partial charge in [0.05, 0.1) is 5.69 Å². The van der Waals surface area contributed by atoms with Crippen LogP contribution in [0.4, 0.5) is 17.2 Å². The lowest BCUT2D eigenvalue weighted by atomic mass is 9.98. The average Bonchev–Trinajstić information content (AvgIpc) is 2.42. The Morgan fingerprint density at radius 1 is 1.29 bits per heavy atom. The third-order valence-electron chi connectivity index (χ3n) is 3.32. The normalized spacial score (nSPS) is 10.7. The number of anilines is 3. The minimum absolute atomic E-state index is 0.0358. The molecule has 0 amide bonds. The molecule has 0 aliphatic heterocycles. The molecule has 0 aliphatic rings. The van der Waals surface area contributed by atoms with Crippen molar-refractivity contribution >= 4 is 23.2 Å². The van der Waals surface area contributed by atoms with Gasteiger partial charge in [-0.2, -0.15) is 0 Å². The largest absolute Gasteiger partial charge is 0.477 e. The van der Waals surface area contributed by atoms with Crippen molar-refractivity contribution in [1.29, 1.82) is 0 Å². The molecule has 4 N–H and O–H groups in total. The van der Waals surface area contributed by atoms with Gasteiger partial charge in [0.1, 0.15) is 0 Å². The number of aryl methyl sites for hydroxylation is 1. The van der Waals surface area contributed by atoms with Gasteiger partial charge in [0.2, 0.25) is 0 Å². The highest BCUT2D eigenvalue weighted by Gasteiger charge is 2.13. The highest BCUT2D eigenvalue weighted by Crippen LogP contribution is 2.31. The minimum atomic E-state index is -1.08. The first-order chi connectivity index (χ1) is 9.90. The Hall–Kier alpha value is -2.56. The molecule has 21 heavy (non-hydrogen) atoms. The molecule has 1 aromatic heterocycles. The highest BCUT2D eigenvalue weighted by molar-refractivity contribution is 5.87. The fourth-order valence-electron chi connectivity index (χ4n) is 2.15. The Morgan fingerprint density at radius 2 is 2.00 bits per heavy atom. The Labute approximate surface area is 123 Å². The Kier molecular flexibility index (Phi) is 4.12. The molecule has 2 aromatic rings. The molecule has 1 aromatic carbocycles. The summed E-state index contributed by atoms with van der Waals surface area (Å²) < 4.78 is 0. The number of pyridine rings is 1. The molecule has 0 fully saturated rings. The number of nitrogens with zero attached hydrogens (tertiary/aromatic N) is 1. The van der Waals surface area contributed by atoms with Crippen LogP contribution in [0.1, 0.15) is 41.4 Å². The highest BCUT2D eigenvalue weighted by atomic mass is 16.4. The van der Waals surface area contributed by atoms with Crippen LogP contribution in [0.15, 0.2) is 30.3 Å². The summed E-state index contributed by atoms with van der Waals surface area (Å²) >= 11 is 0. The van der Waals surface area contributed by atoms with Crippen molar-refractivity contribution in [2.24, 2.45) is 0 Å². The van der Waals surface area contributed by atoms with Gasteiger partial charge in [0.25, 0.3) is 0 Å². The minimum Gasteiger partial charge on any atom is -0.477 e. The number of nitrogens with one attached hydrogen (secondary N) is 1. The summed E-state index contributed by atoms with van der Waals surface area (Å²) in [6.07, 6.45) is 0. The maximum Gasteiger partial charge on any atom is 0.354 e. The van der Waals surface area contributed by atoms with Gasteiger partial charge >= 0.3 is 5.97 Å². The third kappa shape index (κ3) is 3.13. The molecule has 2 rings (SSSR count). The van der Waals surface area contributed by atoms with Crippen LogP contribution in [0.25, 0.3) is 0 Å². The smallest absolute Gasteiger partial charge is 0.354 e. The van der Waals surface area contributed by atoms with E-state index in [9.17, 15) is 4.79 Å². The number of benzene rings is 1. The summed E-state index contributed by atoms with van der Waals surface area (Å²) in [4.78, 5) is 15.1. The molecule has 0 unspecified atom stereocenters. The zero-order valence-electron chi connectivity index (χ0n) is 12.3. The van der Waals surface area contributed by atoms with Crippen molar-refractivity contribution in [3.05, 3.63) is 47.2 Å². The molecule has 0 spiro atoms. The van der Waals surface area contributed by atoms with Crippen molar-refractivity contribution in [2.75, 3.05) is 11.1 Å². The fourth-order valence-corrected chi connectivity index (χ4v) is 2.15. The number of hydrogen-bond donors (Lipinski definition) is 3. The number of nitrogen functional groups attached to an aromatic ring is 1. The molecule has 0 bridgehead atoms. The van der Waals surface area contributed by atoms with Gasteiger partial charge < -0.3 is 16.2 Å². The molecule has 0 saturated carbocycles. The molecule has 0 radical (unpaired) electrons. The van der Waals surface area contributed by atoms with Crippen LogP contribution in [-0.4, -0.2) is 16.1 Å². The second kappa shape index (κ2) is 5.83. The standard InChI is InChI=1S/C16H19N3O2/c1-9(2)11-6-4-5-10(3)14(11)19-15-12(17)7-8-13(18-15)16(20)21/h4-9H,17H2,1-3H3,(H,18,19)(H,20,21). The Morgan fingerprint density at radius 3 is 2.62 bits per heavy atom. The zero-order valence-corrected chi connectivity index (χ0v) is 12.3. The van der Waals surface area contributed by atoms with Crippen LogP contribution >= 0.6 is 0 Å². The van der Waals surface area contributed by atoms with E-state index in [0.29, 0.717) is 17.4 Å². The van der Waals surface area contributed by atoms with Crippen LogP contribution in [0.2, 0.25) is 0 Å². The number of nitrogens with two attached hydrogens (primary N) is 1. The maximum atomic E-state index is 11.0. The van der Waals surface area contributed by atoms with E-state index in [-0.39, 0.29) is 5.69 Å². The summed E-state index contributed by atoms with van der Waals surface area (Å²) in [7, 11) is 0. The van der Waals surface area contributed by atoms with Crippen LogP contribution in [0.3, 0.4) is 0 Å². The fraction of sp³-hybridized carbons (Fsp3) is 0.250. The molecular weight excluding hydrogens is 266 g/mol. The predicted molar refractivity (Wildman–Crippen MR) is 84.2 cm³/mol. The van der Waals surface area contributed by atoms with Crippen molar-refractivity contribution in [3.63, 3.8) is 0 Å². The summed E-state index contributed by atoms with van der Waals surface area (Å²) in [5, 5.41) is 12.2. The van der Waals surface area contributed by atoms with Crippen molar-refractivity contribution in [2.45, 2.75) is 26.7 Å². The SMILES string of the molecule is Cc1cccc(C(C)C)c1Nc1nc(C(=O)O)ccc1N. The first-order valence-corrected chi connectivity index (χ1v) is 6.76. The number of para-hydroxylation sites is 1. The van der Waals surface area contributed by atoms with Gasteiger partial charge in [-0.25, -0.2) is 9.78 Å². The molecular formula is C16H19N3O2. The molecule has 0 aliphatic carbocycles. The second-order valence-electron chi connectivity index (χ2n) is 5.26. The first kappa shape index (κ1) is 14.8. The lowest BCUT2D eigenvalue weighted by molar-refractivity contribution is 0.0690. The van der Waals surface area contributed by atoms with Gasteiger partial charge in [0.15, 0.2) is 11.5 Å². The van der Waals surface area contributed by atoms with E-state index < -0.39 is 5.97 Å². The van der Waals surface area contributed by atoms with Gasteiger partial charge in [-0.15, -0.1) is 0 Å². The molecule has 110 valence electrons. The number of carboxylic acid groups (broad SMARTS) is 1. The quantitative estimate of drug-likeness (QED) is 0.799.